The van der Waals surface area contributed by atoms with Crippen LogP contribution in [-0.2, 0) is 14.3 Å². The minimum Gasteiger partial charge on any atom is -0.478 e. The summed E-state index contributed by atoms with van der Waals surface area (Å²) < 4.78 is 5.99. The van der Waals surface area contributed by atoms with Crippen molar-refractivity contribution in [1.29, 1.82) is 0 Å². The van der Waals surface area contributed by atoms with Gasteiger partial charge in [0.05, 0.1) is 12.2 Å². The molecule has 0 bridgehead atoms. The second-order valence-electron chi connectivity index (χ2n) is 15.8. The molecule has 0 amide bonds. The SMILES string of the molecule is CC(=O)O[C@H]1C[C@@]2(C)[C@@H](C[C@@H](O)[C@@H]3[C@]2(N)CC[C@@]24C[C@@]2(CN)[C@H](O)CC[C@]34C)/C1=C(/C(=O)O)C1CCCC(=C(C)C)C1. The van der Waals surface area contributed by atoms with Gasteiger partial charge in [-0.05, 0) is 118 Å². The quantitative estimate of drug-likeness (QED) is 0.187. The number of carboxylic acid groups (broad SMARTS) is 1. The van der Waals surface area contributed by atoms with Crippen molar-refractivity contribution in [1.82, 2.24) is 0 Å². The second kappa shape index (κ2) is 9.63. The Morgan fingerprint density at radius 2 is 1.76 bits per heavy atom. The Labute approximate surface area is 250 Å². The first-order valence-corrected chi connectivity index (χ1v) is 16.3. The summed E-state index contributed by atoms with van der Waals surface area (Å²) in [6, 6.07) is 0. The molecule has 0 aromatic heterocycles. The van der Waals surface area contributed by atoms with Gasteiger partial charge >= 0.3 is 11.9 Å². The molecule has 11 atom stereocenters. The highest BCUT2D eigenvalue weighted by molar-refractivity contribution is 5.89. The van der Waals surface area contributed by atoms with Crippen LogP contribution in [0, 0.1) is 39.4 Å². The van der Waals surface area contributed by atoms with Crippen molar-refractivity contribution in [3.05, 3.63) is 22.3 Å². The largest absolute Gasteiger partial charge is 0.478 e. The third-order valence-corrected chi connectivity index (χ3v) is 14.2. The van der Waals surface area contributed by atoms with Crippen LogP contribution in [0.4, 0.5) is 0 Å². The topological polar surface area (TPSA) is 156 Å². The van der Waals surface area contributed by atoms with Crippen LogP contribution in [0.5, 0.6) is 0 Å². The molecule has 0 aromatic carbocycles. The van der Waals surface area contributed by atoms with Gasteiger partial charge in [-0.3, -0.25) is 4.79 Å². The van der Waals surface area contributed by atoms with Crippen LogP contribution in [0.15, 0.2) is 22.3 Å². The van der Waals surface area contributed by atoms with E-state index in [1.54, 1.807) is 0 Å². The van der Waals surface area contributed by atoms with Crippen molar-refractivity contribution in [3.8, 4) is 0 Å². The minimum atomic E-state index is -0.948. The van der Waals surface area contributed by atoms with Gasteiger partial charge in [-0.25, -0.2) is 4.79 Å². The van der Waals surface area contributed by atoms with Crippen LogP contribution in [0.1, 0.15) is 105 Å². The Morgan fingerprint density at radius 3 is 2.38 bits per heavy atom. The monoisotopic (exact) mass is 584 g/mol. The Morgan fingerprint density at radius 1 is 1.05 bits per heavy atom. The predicted molar refractivity (Wildman–Crippen MR) is 159 cm³/mol. The highest BCUT2D eigenvalue weighted by Gasteiger charge is 2.84. The number of aliphatic hydroxyl groups excluding tert-OH is 2. The van der Waals surface area contributed by atoms with E-state index in [0.717, 1.165) is 38.5 Å². The summed E-state index contributed by atoms with van der Waals surface area (Å²) >= 11 is 0. The lowest BCUT2D eigenvalue weighted by Gasteiger charge is -2.68. The zero-order chi connectivity index (χ0) is 30.6. The third kappa shape index (κ3) is 3.67. The number of nitrogens with two attached hydrogens (primary N) is 2. The average molecular weight is 585 g/mol. The van der Waals surface area contributed by atoms with Crippen molar-refractivity contribution < 1.29 is 29.6 Å². The first-order chi connectivity index (χ1) is 19.6. The van der Waals surface area contributed by atoms with Gasteiger partial charge in [-0.1, -0.05) is 25.0 Å². The van der Waals surface area contributed by atoms with E-state index < -0.39 is 41.2 Å². The Kier molecular flexibility index (Phi) is 6.94. The van der Waals surface area contributed by atoms with Gasteiger partial charge in [0, 0.05) is 35.9 Å². The number of allylic oxidation sites excluding steroid dienone is 2. The fourth-order valence-electron chi connectivity index (χ4n) is 12.1. The summed E-state index contributed by atoms with van der Waals surface area (Å²) in [7, 11) is 0. The maximum Gasteiger partial charge on any atom is 0.331 e. The number of esters is 1. The van der Waals surface area contributed by atoms with E-state index >= 15 is 0 Å². The van der Waals surface area contributed by atoms with Gasteiger partial charge < -0.3 is 31.5 Å². The second-order valence-corrected chi connectivity index (χ2v) is 15.8. The summed E-state index contributed by atoms with van der Waals surface area (Å²) in [6.07, 6.45) is 6.20. The molecule has 6 rings (SSSR count). The molecule has 234 valence electrons. The van der Waals surface area contributed by atoms with E-state index in [0.29, 0.717) is 49.8 Å². The van der Waals surface area contributed by atoms with Crippen molar-refractivity contribution in [2.45, 2.75) is 129 Å². The lowest BCUT2D eigenvalue weighted by molar-refractivity contribution is -0.205. The van der Waals surface area contributed by atoms with Crippen LogP contribution in [0.25, 0.3) is 0 Å². The van der Waals surface area contributed by atoms with Crippen LogP contribution < -0.4 is 11.5 Å². The maximum atomic E-state index is 13.2. The average Bonchev–Trinajstić information content (AvgIpc) is 3.54. The summed E-state index contributed by atoms with van der Waals surface area (Å²) in [4.78, 5) is 25.6. The normalized spacial score (nSPS) is 50.5. The fourth-order valence-corrected chi connectivity index (χ4v) is 12.1. The van der Waals surface area contributed by atoms with Gasteiger partial charge in [0.25, 0.3) is 0 Å². The fraction of sp³-hybridized carbons (Fsp3) is 0.824. The van der Waals surface area contributed by atoms with Gasteiger partial charge in [0.2, 0.25) is 0 Å². The molecule has 42 heavy (non-hydrogen) atoms. The number of ether oxygens (including phenoxy) is 1. The van der Waals surface area contributed by atoms with E-state index in [-0.39, 0.29) is 34.0 Å². The van der Waals surface area contributed by atoms with Crippen LogP contribution in [-0.4, -0.2) is 57.7 Å². The summed E-state index contributed by atoms with van der Waals surface area (Å²) in [5, 5.41) is 34.0. The number of aliphatic hydroxyl groups is 2. The molecule has 1 spiro atoms. The Balaban J connectivity index is 1.47. The standard InChI is InChI=1S/C34H52N2O6/c1-18(2)20-7-6-8-21(13-20)26(29(40)41)27-22-14-23(38)28-30(4)10-9-25(39)32(17-35)16-33(30,32)11-12-34(28,36)31(22,5)15-24(27)42-19(3)37/h21-25,28,38-39H,6-17,35-36H2,1-5H3,(H,40,41)/b27-26-/t21?,22-,23+,24-,25+,28-,30+,31-,32+,33-,34+/m0/s1. The molecule has 6 fully saturated rings. The van der Waals surface area contributed by atoms with Gasteiger partial charge in [0.15, 0.2) is 0 Å². The number of carbonyl (C=O) groups excluding carboxylic acids is 1. The number of hydrogen-bond acceptors (Lipinski definition) is 7. The highest BCUT2D eigenvalue weighted by atomic mass is 16.5. The number of carbonyl (C=O) groups is 2. The van der Waals surface area contributed by atoms with Crippen molar-refractivity contribution in [2.75, 3.05) is 6.54 Å². The molecule has 1 unspecified atom stereocenters. The highest BCUT2D eigenvalue weighted by Crippen LogP contribution is 2.85. The van der Waals surface area contributed by atoms with E-state index in [4.69, 9.17) is 16.2 Å². The molecule has 0 heterocycles. The van der Waals surface area contributed by atoms with Gasteiger partial charge in [0.1, 0.15) is 6.10 Å². The third-order valence-electron chi connectivity index (χ3n) is 14.2. The number of hydrogen-bond donors (Lipinski definition) is 5. The summed E-state index contributed by atoms with van der Waals surface area (Å²) in [6.45, 7) is 10.4. The zero-order valence-electron chi connectivity index (χ0n) is 26.2. The van der Waals surface area contributed by atoms with Crippen LogP contribution >= 0.6 is 0 Å². The number of fused-ring (bicyclic) bond motifs is 4. The predicted octanol–water partition coefficient (Wildman–Crippen LogP) is 4.22. The molecule has 0 saturated heterocycles. The number of carboxylic acids is 1. The molecule has 6 saturated carbocycles. The van der Waals surface area contributed by atoms with E-state index in [9.17, 15) is 24.9 Å². The first-order valence-electron chi connectivity index (χ1n) is 16.3. The van der Waals surface area contributed by atoms with Gasteiger partial charge in [-0.2, -0.15) is 0 Å². The van der Waals surface area contributed by atoms with Crippen molar-refractivity contribution in [2.24, 2.45) is 50.9 Å². The number of aliphatic carboxylic acids is 1. The van der Waals surface area contributed by atoms with Crippen LogP contribution in [0.3, 0.4) is 0 Å². The molecule has 0 aromatic rings. The van der Waals surface area contributed by atoms with Crippen LogP contribution in [0.2, 0.25) is 0 Å². The molecule has 0 radical (unpaired) electrons. The summed E-state index contributed by atoms with van der Waals surface area (Å²) in [5.41, 5.74) is 15.5. The smallest absolute Gasteiger partial charge is 0.331 e. The van der Waals surface area contributed by atoms with Crippen molar-refractivity contribution >= 4 is 11.9 Å². The number of rotatable bonds is 4. The lowest BCUT2D eigenvalue weighted by atomic mass is 9.38. The Hall–Kier alpha value is -1.74. The van der Waals surface area contributed by atoms with E-state index in [1.807, 2.05) is 0 Å². The lowest BCUT2D eigenvalue weighted by Crippen LogP contribution is -2.74. The first kappa shape index (κ1) is 30.3. The molecule has 0 aliphatic heterocycles. The Bertz CT molecular complexity index is 1260. The molecule has 6 aliphatic rings. The van der Waals surface area contributed by atoms with Gasteiger partial charge in [-0.15, -0.1) is 0 Å². The zero-order valence-corrected chi connectivity index (χ0v) is 26.2. The molecule has 8 heteroatoms. The van der Waals surface area contributed by atoms with E-state index in [1.165, 1.54) is 18.1 Å². The molecular weight excluding hydrogens is 532 g/mol. The summed E-state index contributed by atoms with van der Waals surface area (Å²) in [5.74, 6) is -2.06. The van der Waals surface area contributed by atoms with E-state index in [2.05, 4.69) is 27.7 Å². The molecule has 8 nitrogen and oxygen atoms in total. The minimum absolute atomic E-state index is 0.147. The molecule has 6 aliphatic carbocycles. The van der Waals surface area contributed by atoms with Crippen molar-refractivity contribution in [3.63, 3.8) is 0 Å². The maximum absolute atomic E-state index is 13.2. The molecule has 7 N–H and O–H groups in total. The molecular formula is C34H52N2O6.